The molecular weight excluding hydrogens is 152 g/mol. The fraction of sp³-hybridized carbons (Fsp3) is 0.444. The standard InChI is InChI=1S/C9H15N2O/c1-10(2)6-3-9-4-7-11(12)8-5-9/h4-5,7-8,12H,3,6H2,1-2H3/q+1. The molecule has 0 spiro atoms. The maximum Gasteiger partial charge on any atom is 0.222 e. The van der Waals surface area contributed by atoms with Crippen LogP contribution in [0.25, 0.3) is 0 Å². The molecule has 0 aliphatic heterocycles. The molecule has 1 heterocycles. The molecule has 0 aliphatic carbocycles. The number of hydrogen-bond donors (Lipinski definition) is 1. The summed E-state index contributed by atoms with van der Waals surface area (Å²) in [6.45, 7) is 1.04. The van der Waals surface area contributed by atoms with Crippen molar-refractivity contribution >= 4 is 0 Å². The predicted octanol–water partition coefficient (Wildman–Crippen LogP) is 0.315. The summed E-state index contributed by atoms with van der Waals surface area (Å²) in [6, 6.07) is 3.84. The molecule has 3 heteroatoms. The van der Waals surface area contributed by atoms with Crippen LogP contribution in [0.15, 0.2) is 24.5 Å². The number of rotatable bonds is 3. The average Bonchev–Trinajstić information content (AvgIpc) is 2.03. The fourth-order valence-corrected chi connectivity index (χ4v) is 0.969. The Balaban J connectivity index is 2.48. The van der Waals surface area contributed by atoms with Gasteiger partial charge in [0.25, 0.3) is 0 Å². The van der Waals surface area contributed by atoms with Gasteiger partial charge in [0.1, 0.15) is 0 Å². The van der Waals surface area contributed by atoms with Crippen molar-refractivity contribution in [3.8, 4) is 0 Å². The van der Waals surface area contributed by atoms with E-state index in [1.54, 1.807) is 12.4 Å². The molecule has 1 N–H and O–H groups in total. The van der Waals surface area contributed by atoms with E-state index in [4.69, 9.17) is 5.21 Å². The number of pyridine rings is 1. The van der Waals surface area contributed by atoms with Crippen molar-refractivity contribution in [1.29, 1.82) is 0 Å². The van der Waals surface area contributed by atoms with E-state index in [0.29, 0.717) is 0 Å². The monoisotopic (exact) mass is 167 g/mol. The van der Waals surface area contributed by atoms with Crippen LogP contribution in [0, 0.1) is 0 Å². The first-order chi connectivity index (χ1) is 5.68. The lowest BCUT2D eigenvalue weighted by atomic mass is 10.2. The lowest BCUT2D eigenvalue weighted by Gasteiger charge is -2.07. The second-order valence-electron chi connectivity index (χ2n) is 3.14. The van der Waals surface area contributed by atoms with Crippen LogP contribution in [0.4, 0.5) is 0 Å². The van der Waals surface area contributed by atoms with Gasteiger partial charge in [0.15, 0.2) is 0 Å². The lowest BCUT2D eigenvalue weighted by molar-refractivity contribution is -0.904. The lowest BCUT2D eigenvalue weighted by Crippen LogP contribution is -2.28. The Labute approximate surface area is 72.8 Å². The number of likely N-dealkylation sites (N-methyl/N-ethyl adjacent to an activating group) is 1. The second kappa shape index (κ2) is 4.07. The first kappa shape index (κ1) is 9.00. The molecule has 0 saturated heterocycles. The molecule has 0 fully saturated rings. The summed E-state index contributed by atoms with van der Waals surface area (Å²) in [4.78, 5) is 2.14. The molecule has 0 bridgehead atoms. The molecule has 0 amide bonds. The molecule has 3 nitrogen and oxygen atoms in total. The van der Waals surface area contributed by atoms with E-state index in [1.165, 1.54) is 5.56 Å². The minimum atomic E-state index is 1.02. The zero-order chi connectivity index (χ0) is 8.97. The van der Waals surface area contributed by atoms with Gasteiger partial charge in [0.2, 0.25) is 12.4 Å². The molecule has 1 aromatic rings. The zero-order valence-corrected chi connectivity index (χ0v) is 7.57. The van der Waals surface area contributed by atoms with Gasteiger partial charge in [-0.25, -0.2) is 0 Å². The minimum Gasteiger partial charge on any atom is -0.309 e. The van der Waals surface area contributed by atoms with E-state index in [2.05, 4.69) is 19.0 Å². The molecule has 0 atom stereocenters. The highest BCUT2D eigenvalue weighted by Crippen LogP contribution is 1.96. The average molecular weight is 167 g/mol. The summed E-state index contributed by atoms with van der Waals surface area (Å²) >= 11 is 0. The molecule has 0 aromatic carbocycles. The summed E-state index contributed by atoms with van der Waals surface area (Å²) in [5, 5.41) is 8.94. The largest absolute Gasteiger partial charge is 0.309 e. The third kappa shape index (κ3) is 2.88. The molecule has 12 heavy (non-hydrogen) atoms. The topological polar surface area (TPSA) is 27.4 Å². The van der Waals surface area contributed by atoms with E-state index in [-0.39, 0.29) is 0 Å². The van der Waals surface area contributed by atoms with Crippen molar-refractivity contribution in [3.05, 3.63) is 30.1 Å². The fourth-order valence-electron chi connectivity index (χ4n) is 0.969. The maximum absolute atomic E-state index is 8.94. The van der Waals surface area contributed by atoms with Gasteiger partial charge in [-0.15, -0.1) is 0 Å². The zero-order valence-electron chi connectivity index (χ0n) is 7.57. The summed E-state index contributed by atoms with van der Waals surface area (Å²) in [6.07, 6.45) is 4.31. The Bertz CT molecular complexity index is 231. The van der Waals surface area contributed by atoms with Gasteiger partial charge in [-0.2, -0.15) is 0 Å². The van der Waals surface area contributed by atoms with E-state index in [0.717, 1.165) is 17.7 Å². The van der Waals surface area contributed by atoms with Crippen LogP contribution in [0.5, 0.6) is 0 Å². The van der Waals surface area contributed by atoms with Crippen molar-refractivity contribution in [2.24, 2.45) is 0 Å². The highest BCUT2D eigenvalue weighted by atomic mass is 16.5. The third-order valence-electron chi connectivity index (χ3n) is 1.73. The van der Waals surface area contributed by atoms with Crippen molar-refractivity contribution < 1.29 is 9.94 Å². The Morgan fingerprint density at radius 3 is 2.42 bits per heavy atom. The first-order valence-corrected chi connectivity index (χ1v) is 4.02. The third-order valence-corrected chi connectivity index (χ3v) is 1.73. The normalized spacial score (nSPS) is 10.6. The van der Waals surface area contributed by atoms with Crippen LogP contribution in [-0.2, 0) is 6.42 Å². The van der Waals surface area contributed by atoms with Crippen LogP contribution in [0.3, 0.4) is 0 Å². The predicted molar refractivity (Wildman–Crippen MR) is 46.1 cm³/mol. The van der Waals surface area contributed by atoms with Crippen LogP contribution in [0.2, 0.25) is 0 Å². The maximum atomic E-state index is 8.94. The molecule has 66 valence electrons. The molecule has 0 unspecified atom stereocenters. The van der Waals surface area contributed by atoms with Crippen molar-refractivity contribution in [2.75, 3.05) is 20.6 Å². The molecule has 1 rings (SSSR count). The van der Waals surface area contributed by atoms with Crippen molar-refractivity contribution in [1.82, 2.24) is 4.90 Å². The van der Waals surface area contributed by atoms with Crippen LogP contribution in [-0.4, -0.2) is 30.7 Å². The van der Waals surface area contributed by atoms with Gasteiger partial charge in [-0.05, 0) is 26.1 Å². The van der Waals surface area contributed by atoms with E-state index >= 15 is 0 Å². The molecule has 0 radical (unpaired) electrons. The first-order valence-electron chi connectivity index (χ1n) is 4.02. The van der Waals surface area contributed by atoms with Crippen LogP contribution < -0.4 is 4.73 Å². The van der Waals surface area contributed by atoms with Gasteiger partial charge in [0, 0.05) is 23.4 Å². The van der Waals surface area contributed by atoms with Gasteiger partial charge in [-0.3, -0.25) is 5.21 Å². The van der Waals surface area contributed by atoms with Crippen LogP contribution in [0.1, 0.15) is 5.56 Å². The molecule has 0 saturated carbocycles. The Morgan fingerprint density at radius 2 is 1.92 bits per heavy atom. The number of aromatic nitrogens is 1. The minimum absolute atomic E-state index is 1.02. The summed E-state index contributed by atoms with van der Waals surface area (Å²) < 4.78 is 1.05. The smallest absolute Gasteiger partial charge is 0.222 e. The molecule has 0 aliphatic rings. The summed E-state index contributed by atoms with van der Waals surface area (Å²) in [5.74, 6) is 0. The highest BCUT2D eigenvalue weighted by molar-refractivity contribution is 5.07. The second-order valence-corrected chi connectivity index (χ2v) is 3.14. The van der Waals surface area contributed by atoms with Gasteiger partial charge < -0.3 is 4.90 Å². The Hall–Kier alpha value is -1.09. The molecular formula is C9H15N2O+. The highest BCUT2D eigenvalue weighted by Gasteiger charge is 1.98. The quantitative estimate of drug-likeness (QED) is 0.518. The number of hydrogen-bond acceptors (Lipinski definition) is 2. The Kier molecular flexibility index (Phi) is 3.05. The molecule has 1 aromatic heterocycles. The Morgan fingerprint density at radius 1 is 1.33 bits per heavy atom. The summed E-state index contributed by atoms with van der Waals surface area (Å²) in [7, 11) is 4.10. The number of nitrogens with zero attached hydrogens (tertiary/aromatic N) is 2. The van der Waals surface area contributed by atoms with E-state index < -0.39 is 0 Å². The van der Waals surface area contributed by atoms with E-state index in [9.17, 15) is 0 Å². The van der Waals surface area contributed by atoms with Gasteiger partial charge >= 0.3 is 0 Å². The van der Waals surface area contributed by atoms with Gasteiger partial charge in [-0.1, -0.05) is 0 Å². The van der Waals surface area contributed by atoms with Crippen LogP contribution >= 0.6 is 0 Å². The van der Waals surface area contributed by atoms with Gasteiger partial charge in [0.05, 0.1) is 0 Å². The van der Waals surface area contributed by atoms with Crippen molar-refractivity contribution in [3.63, 3.8) is 0 Å². The van der Waals surface area contributed by atoms with Crippen molar-refractivity contribution in [2.45, 2.75) is 6.42 Å². The van der Waals surface area contributed by atoms with E-state index in [1.807, 2.05) is 12.1 Å². The SMILES string of the molecule is CN(C)CCc1cc[n+](O)cc1. The summed E-state index contributed by atoms with van der Waals surface area (Å²) in [5.41, 5.74) is 1.24.